The molecular weight excluding hydrogens is 429 g/mol. The molecule has 4 rings (SSSR count). The molecule has 32 heavy (non-hydrogen) atoms. The molecule has 0 aliphatic carbocycles. The van der Waals surface area contributed by atoms with E-state index in [1.54, 1.807) is 43.1 Å². The van der Waals surface area contributed by atoms with Gasteiger partial charge in [0.2, 0.25) is 11.8 Å². The number of methoxy groups -OCH3 is 1. The number of ether oxygens (including phenoxy) is 1. The molecule has 13 heteroatoms. The van der Waals surface area contributed by atoms with Crippen LogP contribution >= 0.6 is 0 Å². The number of fused-ring (bicyclic) bond motifs is 1. The van der Waals surface area contributed by atoms with Crippen LogP contribution in [-0.2, 0) is 17.5 Å². The van der Waals surface area contributed by atoms with Gasteiger partial charge in [-0.25, -0.2) is 14.6 Å². The third-order valence-corrected chi connectivity index (χ3v) is 4.74. The Kier molecular flexibility index (Phi) is 5.24. The van der Waals surface area contributed by atoms with Crippen molar-refractivity contribution in [2.75, 3.05) is 14.2 Å². The lowest BCUT2D eigenvalue weighted by Crippen LogP contribution is -2.10. The van der Waals surface area contributed by atoms with Crippen LogP contribution in [0.5, 0.6) is 0 Å². The van der Waals surface area contributed by atoms with E-state index < -0.39 is 12.0 Å². The quantitative estimate of drug-likeness (QED) is 0.344. The number of imidazole rings is 1. The number of aromatic nitrogens is 6. The molecule has 4 aromatic heterocycles. The van der Waals surface area contributed by atoms with Crippen LogP contribution in [-0.4, -0.2) is 56.1 Å². The van der Waals surface area contributed by atoms with Crippen LogP contribution in [0, 0.1) is 6.92 Å². The zero-order chi connectivity index (χ0) is 23.0. The zero-order valence-electron chi connectivity index (χ0n) is 17.3. The summed E-state index contributed by atoms with van der Waals surface area (Å²) in [6, 6.07) is 3.61. The first kappa shape index (κ1) is 21.2. The molecule has 0 saturated heterocycles. The van der Waals surface area contributed by atoms with Crippen LogP contribution in [0.3, 0.4) is 0 Å². The SMILES string of the molecule is C=Nn1ccc(-c2cnc3nc(C)n(Cc4nc(C(F)(F)F)no4)c3c2)c1C(=NC)OC. The fourth-order valence-electron chi connectivity index (χ4n) is 3.31. The van der Waals surface area contributed by atoms with Crippen LogP contribution in [0.2, 0.25) is 0 Å². The maximum absolute atomic E-state index is 12.8. The molecule has 0 amide bonds. The lowest BCUT2D eigenvalue weighted by molar-refractivity contribution is -0.146. The molecule has 0 aliphatic heterocycles. The number of halogens is 3. The Labute approximate surface area is 179 Å². The Morgan fingerprint density at radius 3 is 2.72 bits per heavy atom. The maximum atomic E-state index is 12.8. The van der Waals surface area contributed by atoms with Crippen molar-refractivity contribution in [2.45, 2.75) is 19.6 Å². The maximum Gasteiger partial charge on any atom is 0.455 e. The van der Waals surface area contributed by atoms with Crippen LogP contribution in [0.4, 0.5) is 13.2 Å². The van der Waals surface area contributed by atoms with Crippen molar-refractivity contribution >= 4 is 23.8 Å². The smallest absolute Gasteiger partial charge is 0.455 e. The number of aliphatic imine (C=N–C) groups is 1. The van der Waals surface area contributed by atoms with E-state index in [-0.39, 0.29) is 12.4 Å². The van der Waals surface area contributed by atoms with Crippen molar-refractivity contribution in [1.82, 2.24) is 29.4 Å². The molecule has 0 saturated carbocycles. The number of hydrogen-bond acceptors (Lipinski definition) is 8. The van der Waals surface area contributed by atoms with Crippen molar-refractivity contribution in [3.8, 4) is 11.1 Å². The van der Waals surface area contributed by atoms with Gasteiger partial charge in [-0.3, -0.25) is 4.99 Å². The van der Waals surface area contributed by atoms with E-state index in [0.29, 0.717) is 34.1 Å². The van der Waals surface area contributed by atoms with Gasteiger partial charge in [-0.05, 0) is 19.1 Å². The lowest BCUT2D eigenvalue weighted by Gasteiger charge is -2.09. The molecule has 10 nitrogen and oxygen atoms in total. The third kappa shape index (κ3) is 3.61. The molecule has 0 N–H and O–H groups in total. The fraction of sp³-hybridized carbons (Fsp3) is 0.263. The highest BCUT2D eigenvalue weighted by Crippen LogP contribution is 2.29. The minimum Gasteiger partial charge on any atom is -0.480 e. The Hall–Kier alpha value is -4.03. The molecule has 0 spiro atoms. The molecule has 0 radical (unpaired) electrons. The van der Waals surface area contributed by atoms with E-state index in [0.717, 1.165) is 5.56 Å². The van der Waals surface area contributed by atoms with E-state index in [2.05, 4.69) is 36.9 Å². The largest absolute Gasteiger partial charge is 0.480 e. The van der Waals surface area contributed by atoms with Crippen LogP contribution in [0.15, 0.2) is 39.1 Å². The van der Waals surface area contributed by atoms with Gasteiger partial charge in [0.1, 0.15) is 18.1 Å². The second kappa shape index (κ2) is 7.90. The molecule has 4 aromatic rings. The Morgan fingerprint density at radius 1 is 1.31 bits per heavy atom. The minimum absolute atomic E-state index is 0.0988. The summed E-state index contributed by atoms with van der Waals surface area (Å²) in [4.78, 5) is 16.3. The van der Waals surface area contributed by atoms with Crippen LogP contribution in [0.1, 0.15) is 23.2 Å². The van der Waals surface area contributed by atoms with E-state index in [4.69, 9.17) is 9.26 Å². The number of alkyl halides is 3. The van der Waals surface area contributed by atoms with Crippen molar-refractivity contribution < 1.29 is 22.4 Å². The van der Waals surface area contributed by atoms with E-state index in [1.165, 1.54) is 11.8 Å². The number of rotatable bonds is 5. The average molecular weight is 446 g/mol. The van der Waals surface area contributed by atoms with Gasteiger partial charge in [-0.15, -0.1) is 0 Å². The van der Waals surface area contributed by atoms with Gasteiger partial charge in [0.25, 0.3) is 5.82 Å². The molecule has 0 atom stereocenters. The Morgan fingerprint density at radius 2 is 2.09 bits per heavy atom. The summed E-state index contributed by atoms with van der Waals surface area (Å²) in [5.74, 6) is -0.669. The van der Waals surface area contributed by atoms with Gasteiger partial charge < -0.3 is 13.8 Å². The van der Waals surface area contributed by atoms with Crippen LogP contribution < -0.4 is 0 Å². The summed E-state index contributed by atoms with van der Waals surface area (Å²) in [6.07, 6.45) is -1.36. The predicted molar refractivity (Wildman–Crippen MR) is 109 cm³/mol. The third-order valence-electron chi connectivity index (χ3n) is 4.74. The normalized spacial score (nSPS) is 12.5. The topological polar surface area (TPSA) is 109 Å². The first-order valence-electron chi connectivity index (χ1n) is 9.19. The first-order chi connectivity index (χ1) is 15.3. The predicted octanol–water partition coefficient (Wildman–Crippen LogP) is 3.14. The number of pyridine rings is 1. The average Bonchev–Trinajstić information content (AvgIpc) is 3.47. The second-order valence-electron chi connectivity index (χ2n) is 6.62. The highest BCUT2D eigenvalue weighted by Gasteiger charge is 2.37. The molecule has 0 bridgehead atoms. The van der Waals surface area contributed by atoms with Gasteiger partial charge >= 0.3 is 6.18 Å². The molecule has 0 aromatic carbocycles. The van der Waals surface area contributed by atoms with Gasteiger partial charge in [0.05, 0.1) is 12.6 Å². The van der Waals surface area contributed by atoms with Crippen molar-refractivity contribution in [2.24, 2.45) is 10.1 Å². The number of aryl methyl sites for hydroxylation is 1. The zero-order valence-corrected chi connectivity index (χ0v) is 17.3. The molecule has 166 valence electrons. The van der Waals surface area contributed by atoms with Gasteiger partial charge in [0, 0.05) is 37.3 Å². The summed E-state index contributed by atoms with van der Waals surface area (Å²) in [5.41, 5.74) is 2.97. The first-order valence-corrected chi connectivity index (χ1v) is 9.19. The highest BCUT2D eigenvalue weighted by atomic mass is 19.4. The number of hydrogen-bond donors (Lipinski definition) is 0. The monoisotopic (exact) mass is 446 g/mol. The minimum atomic E-state index is -4.69. The fourth-order valence-corrected chi connectivity index (χ4v) is 3.31. The summed E-state index contributed by atoms with van der Waals surface area (Å²) in [6.45, 7) is 5.16. The molecule has 0 unspecified atom stereocenters. The Bertz CT molecular complexity index is 1330. The molecule has 0 aliphatic rings. The van der Waals surface area contributed by atoms with E-state index >= 15 is 0 Å². The second-order valence-corrected chi connectivity index (χ2v) is 6.62. The summed E-state index contributed by atoms with van der Waals surface area (Å²) in [5, 5.41) is 6.94. The van der Waals surface area contributed by atoms with Crippen molar-refractivity contribution in [3.05, 3.63) is 47.8 Å². The van der Waals surface area contributed by atoms with Gasteiger partial charge in [0.15, 0.2) is 5.65 Å². The lowest BCUT2D eigenvalue weighted by atomic mass is 10.1. The summed E-state index contributed by atoms with van der Waals surface area (Å²) in [7, 11) is 3.08. The van der Waals surface area contributed by atoms with Crippen LogP contribution in [0.25, 0.3) is 22.3 Å². The standard InChI is InChI=1S/C19H17F3N8O2/c1-10-26-16-13(29(10)9-14-27-18(28-32-14)19(20,21)22)7-11(8-25-16)12-5-6-30(24-3)15(12)17(23-2)31-4/h5-8H,3,9H2,1-2,4H3. The van der Waals surface area contributed by atoms with E-state index in [9.17, 15) is 13.2 Å². The summed E-state index contributed by atoms with van der Waals surface area (Å²) >= 11 is 0. The number of nitrogens with zero attached hydrogens (tertiary/aromatic N) is 8. The highest BCUT2D eigenvalue weighted by molar-refractivity contribution is 6.00. The molecule has 4 heterocycles. The molecule has 0 fully saturated rings. The van der Waals surface area contributed by atoms with E-state index in [1.807, 2.05) is 0 Å². The van der Waals surface area contributed by atoms with Crippen molar-refractivity contribution in [1.29, 1.82) is 0 Å². The molecular formula is C19H17F3N8O2. The summed E-state index contributed by atoms with van der Waals surface area (Å²) < 4.78 is 51.7. The van der Waals surface area contributed by atoms with Crippen molar-refractivity contribution in [3.63, 3.8) is 0 Å². The Balaban J connectivity index is 1.80. The van der Waals surface area contributed by atoms with Gasteiger partial charge in [-0.2, -0.15) is 23.3 Å². The van der Waals surface area contributed by atoms with Gasteiger partial charge in [-0.1, -0.05) is 5.16 Å².